The fraction of sp³-hybridized carbons (Fsp3) is 0.227. The molecular weight excluding hydrogens is 338 g/mol. The van der Waals surface area contributed by atoms with Gasteiger partial charge in [0.15, 0.2) is 0 Å². The summed E-state index contributed by atoms with van der Waals surface area (Å²) in [5, 5.41) is 7.28. The molecule has 1 heterocycles. The summed E-state index contributed by atoms with van der Waals surface area (Å²) in [6.07, 6.45) is 1.45. The molecule has 0 aliphatic rings. The zero-order valence-corrected chi connectivity index (χ0v) is 15.3. The highest BCUT2D eigenvalue weighted by atomic mass is 16.2. The molecule has 0 unspecified atom stereocenters. The number of aromatic nitrogens is 2. The van der Waals surface area contributed by atoms with E-state index < -0.39 is 0 Å². The van der Waals surface area contributed by atoms with E-state index in [-0.39, 0.29) is 23.2 Å². The van der Waals surface area contributed by atoms with Crippen LogP contribution >= 0.6 is 0 Å². The average molecular weight is 361 g/mol. The Labute approximate surface area is 158 Å². The standard InChI is InChI=1S/C22H23N3O2/c1-2-15-25-21(26)14-13-19(24-25)22(27)23-20(18-11-7-4-8-12-18)16-17-9-5-3-6-10-17/h3-14,20H,2,15-16H2,1H3,(H,23,27)/t20-/m0/s1. The van der Waals surface area contributed by atoms with Crippen LogP contribution in [0.5, 0.6) is 0 Å². The van der Waals surface area contributed by atoms with Crippen molar-refractivity contribution < 1.29 is 4.79 Å². The van der Waals surface area contributed by atoms with Crippen LogP contribution in [0.15, 0.2) is 77.6 Å². The average Bonchev–Trinajstić information content (AvgIpc) is 2.70. The highest BCUT2D eigenvalue weighted by Gasteiger charge is 2.18. The van der Waals surface area contributed by atoms with Crippen LogP contribution in [0.3, 0.4) is 0 Å². The summed E-state index contributed by atoms with van der Waals surface area (Å²) in [6.45, 7) is 2.46. The quantitative estimate of drug-likeness (QED) is 0.702. The van der Waals surface area contributed by atoms with Crippen LogP contribution in [-0.2, 0) is 13.0 Å². The highest BCUT2D eigenvalue weighted by Crippen LogP contribution is 2.18. The number of hydrogen-bond acceptors (Lipinski definition) is 3. The van der Waals surface area contributed by atoms with Gasteiger partial charge >= 0.3 is 0 Å². The van der Waals surface area contributed by atoms with Gasteiger partial charge in [-0.25, -0.2) is 4.68 Å². The van der Waals surface area contributed by atoms with Crippen LogP contribution in [0.25, 0.3) is 0 Å². The maximum atomic E-state index is 12.8. The lowest BCUT2D eigenvalue weighted by Crippen LogP contribution is -2.33. The van der Waals surface area contributed by atoms with Crippen molar-refractivity contribution in [3.63, 3.8) is 0 Å². The van der Waals surface area contributed by atoms with Gasteiger partial charge in [-0.2, -0.15) is 5.10 Å². The highest BCUT2D eigenvalue weighted by molar-refractivity contribution is 5.92. The van der Waals surface area contributed by atoms with Crippen LogP contribution in [0.2, 0.25) is 0 Å². The van der Waals surface area contributed by atoms with Crippen molar-refractivity contribution in [2.24, 2.45) is 0 Å². The molecule has 3 aromatic rings. The second-order valence-electron chi connectivity index (χ2n) is 6.41. The molecule has 0 radical (unpaired) electrons. The number of carbonyl (C=O) groups is 1. The largest absolute Gasteiger partial charge is 0.344 e. The molecule has 2 aromatic carbocycles. The zero-order chi connectivity index (χ0) is 19.1. The Morgan fingerprint density at radius 2 is 1.67 bits per heavy atom. The van der Waals surface area contributed by atoms with Crippen molar-refractivity contribution in [2.75, 3.05) is 0 Å². The van der Waals surface area contributed by atoms with Crippen molar-refractivity contribution >= 4 is 5.91 Å². The molecule has 138 valence electrons. The Kier molecular flexibility index (Phi) is 6.15. The minimum Gasteiger partial charge on any atom is -0.344 e. The van der Waals surface area contributed by atoms with E-state index in [9.17, 15) is 9.59 Å². The van der Waals surface area contributed by atoms with Gasteiger partial charge in [-0.3, -0.25) is 9.59 Å². The molecule has 5 heteroatoms. The van der Waals surface area contributed by atoms with E-state index in [0.717, 1.165) is 17.5 Å². The van der Waals surface area contributed by atoms with Crippen molar-refractivity contribution in [1.82, 2.24) is 15.1 Å². The SMILES string of the molecule is CCCn1nc(C(=O)N[C@@H](Cc2ccccc2)c2ccccc2)ccc1=O. The first-order chi connectivity index (χ1) is 13.2. The molecule has 3 rings (SSSR count). The van der Waals surface area contributed by atoms with Gasteiger partial charge in [0, 0.05) is 12.6 Å². The number of carbonyl (C=O) groups excluding carboxylic acids is 1. The molecule has 0 saturated carbocycles. The van der Waals surface area contributed by atoms with E-state index in [1.807, 2.05) is 67.6 Å². The maximum absolute atomic E-state index is 12.8. The summed E-state index contributed by atoms with van der Waals surface area (Å²) < 4.78 is 1.34. The number of rotatable bonds is 7. The molecule has 0 saturated heterocycles. The topological polar surface area (TPSA) is 64.0 Å². The second kappa shape index (κ2) is 8.94. The van der Waals surface area contributed by atoms with E-state index in [4.69, 9.17) is 0 Å². The fourth-order valence-corrected chi connectivity index (χ4v) is 2.96. The lowest BCUT2D eigenvalue weighted by atomic mass is 9.98. The van der Waals surface area contributed by atoms with Crippen molar-refractivity contribution in [3.05, 3.63) is 100.0 Å². The summed E-state index contributed by atoms with van der Waals surface area (Å²) in [7, 11) is 0. The minimum atomic E-state index is -0.287. The van der Waals surface area contributed by atoms with E-state index in [1.165, 1.54) is 16.8 Å². The smallest absolute Gasteiger partial charge is 0.272 e. The first-order valence-electron chi connectivity index (χ1n) is 9.15. The molecule has 0 aliphatic heterocycles. The third-order valence-electron chi connectivity index (χ3n) is 4.32. The van der Waals surface area contributed by atoms with Gasteiger partial charge in [0.2, 0.25) is 0 Å². The maximum Gasteiger partial charge on any atom is 0.272 e. The summed E-state index contributed by atoms with van der Waals surface area (Å²) in [4.78, 5) is 24.6. The number of amides is 1. The molecule has 1 aromatic heterocycles. The van der Waals surface area contributed by atoms with Crippen molar-refractivity contribution in [3.8, 4) is 0 Å². The molecule has 5 nitrogen and oxygen atoms in total. The molecule has 0 spiro atoms. The third-order valence-corrected chi connectivity index (χ3v) is 4.32. The molecular formula is C22H23N3O2. The van der Waals surface area contributed by atoms with Crippen LogP contribution in [0, 0.1) is 0 Å². The van der Waals surface area contributed by atoms with E-state index in [2.05, 4.69) is 10.4 Å². The number of nitrogens with zero attached hydrogens (tertiary/aromatic N) is 2. The number of benzene rings is 2. The Hall–Kier alpha value is -3.21. The number of nitrogens with one attached hydrogen (secondary N) is 1. The van der Waals surface area contributed by atoms with Gasteiger partial charge < -0.3 is 5.32 Å². The van der Waals surface area contributed by atoms with Gasteiger partial charge in [0.1, 0.15) is 5.69 Å². The van der Waals surface area contributed by atoms with Crippen LogP contribution < -0.4 is 10.9 Å². The third kappa shape index (κ3) is 4.91. The number of aryl methyl sites for hydroxylation is 1. The van der Waals surface area contributed by atoms with Gasteiger partial charge in [0.05, 0.1) is 6.04 Å². The molecule has 0 bridgehead atoms. The first-order valence-corrected chi connectivity index (χ1v) is 9.15. The van der Waals surface area contributed by atoms with E-state index in [0.29, 0.717) is 13.0 Å². The molecule has 1 atom stereocenters. The van der Waals surface area contributed by atoms with E-state index >= 15 is 0 Å². The van der Waals surface area contributed by atoms with Crippen LogP contribution in [0.1, 0.15) is 41.0 Å². The van der Waals surface area contributed by atoms with Crippen LogP contribution in [-0.4, -0.2) is 15.7 Å². The van der Waals surface area contributed by atoms with Gasteiger partial charge in [-0.05, 0) is 30.0 Å². The molecule has 1 amide bonds. The monoisotopic (exact) mass is 361 g/mol. The lowest BCUT2D eigenvalue weighted by molar-refractivity contribution is 0.0928. The summed E-state index contributed by atoms with van der Waals surface area (Å²) >= 11 is 0. The number of hydrogen-bond donors (Lipinski definition) is 1. The van der Waals surface area contributed by atoms with Crippen molar-refractivity contribution in [2.45, 2.75) is 32.4 Å². The first kappa shape index (κ1) is 18.6. The Balaban J connectivity index is 1.84. The normalized spacial score (nSPS) is 11.7. The Morgan fingerprint density at radius 1 is 1.00 bits per heavy atom. The summed E-state index contributed by atoms with van der Waals surface area (Å²) in [6, 6.07) is 22.6. The lowest BCUT2D eigenvalue weighted by Gasteiger charge is -2.19. The molecule has 0 aliphatic carbocycles. The Bertz CT molecular complexity index is 937. The molecule has 27 heavy (non-hydrogen) atoms. The van der Waals surface area contributed by atoms with E-state index in [1.54, 1.807) is 0 Å². The predicted octanol–water partition coefficient (Wildman–Crippen LogP) is 3.37. The van der Waals surface area contributed by atoms with Gasteiger partial charge in [-0.1, -0.05) is 67.6 Å². The summed E-state index contributed by atoms with van der Waals surface area (Å²) in [5.74, 6) is -0.287. The van der Waals surface area contributed by atoms with Gasteiger partial charge in [-0.15, -0.1) is 0 Å². The fourth-order valence-electron chi connectivity index (χ4n) is 2.96. The van der Waals surface area contributed by atoms with Crippen LogP contribution in [0.4, 0.5) is 0 Å². The Morgan fingerprint density at radius 3 is 2.33 bits per heavy atom. The van der Waals surface area contributed by atoms with Gasteiger partial charge in [0.25, 0.3) is 11.5 Å². The van der Waals surface area contributed by atoms with Crippen molar-refractivity contribution in [1.29, 1.82) is 0 Å². The molecule has 1 N–H and O–H groups in total. The second-order valence-corrected chi connectivity index (χ2v) is 6.41. The summed E-state index contributed by atoms with van der Waals surface area (Å²) in [5.41, 5.74) is 2.21. The zero-order valence-electron chi connectivity index (χ0n) is 15.3. The molecule has 0 fully saturated rings. The predicted molar refractivity (Wildman–Crippen MR) is 106 cm³/mol. The minimum absolute atomic E-state index is 0.186.